The lowest BCUT2D eigenvalue weighted by molar-refractivity contribution is -0.870. The Kier molecular flexibility index (Phi) is 31.8. The molecule has 55 heavy (non-hydrogen) atoms. The largest absolute Gasteiger partial charge is 0.756 e. The molecular weight excluding hydrogens is 725 g/mol. The van der Waals surface area contributed by atoms with E-state index in [9.17, 15) is 34.4 Å². The number of aliphatic hydroxyl groups excluding tert-OH is 3. The number of phosphoric ester groups is 1. The lowest BCUT2D eigenvalue weighted by Crippen LogP contribution is -2.37. The van der Waals surface area contributed by atoms with Gasteiger partial charge < -0.3 is 43.2 Å². The van der Waals surface area contributed by atoms with Gasteiger partial charge in [-0.1, -0.05) is 119 Å². The van der Waals surface area contributed by atoms with E-state index in [2.05, 4.69) is 19.1 Å². The van der Waals surface area contributed by atoms with Crippen molar-refractivity contribution in [1.82, 2.24) is 0 Å². The Labute approximate surface area is 331 Å². The lowest BCUT2D eigenvalue weighted by Gasteiger charge is -2.28. The molecule has 0 spiro atoms. The van der Waals surface area contributed by atoms with E-state index in [1.54, 1.807) is 42.5 Å². The first kappa shape index (κ1) is 52.3. The molecule has 0 aliphatic rings. The molecule has 3 N–H and O–H groups in total. The molecule has 0 amide bonds. The molecule has 0 aromatic rings. The van der Waals surface area contributed by atoms with Crippen molar-refractivity contribution in [2.75, 3.05) is 47.5 Å². The fraction of sp³-hybridized carbons (Fsp3) is 0.667. The Balaban J connectivity index is 4.77. The smallest absolute Gasteiger partial charge is 0.306 e. The van der Waals surface area contributed by atoms with Crippen LogP contribution in [-0.4, -0.2) is 104 Å². The van der Waals surface area contributed by atoms with Crippen LogP contribution in [0, 0.1) is 0 Å². The summed E-state index contributed by atoms with van der Waals surface area (Å²) in [6.07, 6.45) is 28.9. The van der Waals surface area contributed by atoms with E-state index in [1.807, 2.05) is 40.2 Å². The number of phosphoric acid groups is 1. The molecule has 0 aromatic carbocycles. The molecule has 0 bridgehead atoms. The summed E-state index contributed by atoms with van der Waals surface area (Å²) >= 11 is 0. The summed E-state index contributed by atoms with van der Waals surface area (Å²) < 4.78 is 33.5. The second-order valence-corrected chi connectivity index (χ2v) is 15.9. The quantitative estimate of drug-likeness (QED) is 0.0154. The first-order valence-corrected chi connectivity index (χ1v) is 21.4. The number of quaternary nitrogens is 1. The van der Waals surface area contributed by atoms with Crippen molar-refractivity contribution in [3.63, 3.8) is 0 Å². The van der Waals surface area contributed by atoms with Crippen LogP contribution in [0.5, 0.6) is 0 Å². The van der Waals surface area contributed by atoms with E-state index in [-0.39, 0.29) is 32.3 Å². The molecular formula is C42H72NO11P. The van der Waals surface area contributed by atoms with E-state index < -0.39 is 57.4 Å². The predicted molar refractivity (Wildman–Crippen MR) is 217 cm³/mol. The Morgan fingerprint density at radius 3 is 2.02 bits per heavy atom. The number of esters is 2. The highest BCUT2D eigenvalue weighted by Gasteiger charge is 2.22. The van der Waals surface area contributed by atoms with Crippen LogP contribution in [0.25, 0.3) is 0 Å². The van der Waals surface area contributed by atoms with Gasteiger partial charge in [0.05, 0.1) is 46.1 Å². The molecule has 0 heterocycles. The number of hydrogen-bond acceptors (Lipinski definition) is 11. The molecule has 0 radical (unpaired) electrons. The zero-order chi connectivity index (χ0) is 41.2. The van der Waals surface area contributed by atoms with Gasteiger partial charge in [-0.15, -0.1) is 0 Å². The zero-order valence-electron chi connectivity index (χ0n) is 34.2. The first-order valence-electron chi connectivity index (χ1n) is 20.0. The zero-order valence-corrected chi connectivity index (χ0v) is 35.1. The van der Waals surface area contributed by atoms with Gasteiger partial charge in [-0.3, -0.25) is 14.2 Å². The van der Waals surface area contributed by atoms with Crippen LogP contribution >= 0.6 is 7.82 Å². The van der Waals surface area contributed by atoms with E-state index in [4.69, 9.17) is 18.5 Å². The van der Waals surface area contributed by atoms with E-state index in [0.717, 1.165) is 44.9 Å². The number of likely N-dealkylation sites (N-methyl/N-ethyl adjacent to an activating group) is 1. The average molecular weight is 798 g/mol. The molecule has 12 nitrogen and oxygen atoms in total. The Morgan fingerprint density at radius 1 is 0.727 bits per heavy atom. The number of ether oxygens (including phenoxy) is 2. The average Bonchev–Trinajstić information content (AvgIpc) is 3.12. The third-order valence-corrected chi connectivity index (χ3v) is 9.02. The van der Waals surface area contributed by atoms with Crippen molar-refractivity contribution >= 4 is 19.8 Å². The van der Waals surface area contributed by atoms with Crippen LogP contribution in [-0.2, 0) is 32.7 Å². The Bertz CT molecular complexity index is 1220. The second kappa shape index (κ2) is 33.5. The molecule has 5 atom stereocenters. The standard InChI is InChI=1S/C42H72NO11P/c1-6-8-10-11-12-13-14-15-16-21-25-31-42(48)54-38(36-53-55(49,50)52-34-33-43(3,4)5)35-51-41(47)32-26-30-40(46)39(45)29-24-20-18-17-19-23-28-37(44)27-22-9-7-2/h9,11-12,17-20,22-24,28-29,37-40,44-46H,6-8,10,13-16,21,25-27,30-36H2,1-5H3/b12-11-,19-17+,20-18-,22-9-,28-23+,29-24-/t37-,38-,39+,40+/m1/s1. The van der Waals surface area contributed by atoms with Gasteiger partial charge in [-0.25, -0.2) is 0 Å². The van der Waals surface area contributed by atoms with Gasteiger partial charge in [0.2, 0.25) is 0 Å². The summed E-state index contributed by atoms with van der Waals surface area (Å²) in [7, 11) is 0.954. The first-order chi connectivity index (χ1) is 26.2. The summed E-state index contributed by atoms with van der Waals surface area (Å²) in [5.74, 6) is -1.19. The minimum absolute atomic E-state index is 0.0838. The van der Waals surface area contributed by atoms with Gasteiger partial charge in [0.15, 0.2) is 6.10 Å². The van der Waals surface area contributed by atoms with Gasteiger partial charge in [-0.2, -0.15) is 0 Å². The maximum atomic E-state index is 12.6. The molecule has 0 fully saturated rings. The fourth-order valence-corrected chi connectivity index (χ4v) is 5.47. The number of carbonyl (C=O) groups is 2. The molecule has 0 saturated carbocycles. The molecule has 0 aliphatic heterocycles. The van der Waals surface area contributed by atoms with Crippen LogP contribution in [0.3, 0.4) is 0 Å². The summed E-state index contributed by atoms with van der Waals surface area (Å²) in [5.41, 5.74) is 0. The number of nitrogens with zero attached hydrogens (tertiary/aromatic N) is 1. The van der Waals surface area contributed by atoms with Crippen LogP contribution in [0.2, 0.25) is 0 Å². The molecule has 0 saturated heterocycles. The topological polar surface area (TPSA) is 172 Å². The summed E-state index contributed by atoms with van der Waals surface area (Å²) in [6, 6.07) is 0. The minimum atomic E-state index is -4.71. The van der Waals surface area contributed by atoms with Crippen LogP contribution in [0.4, 0.5) is 0 Å². The van der Waals surface area contributed by atoms with Crippen LogP contribution < -0.4 is 4.89 Å². The van der Waals surface area contributed by atoms with E-state index >= 15 is 0 Å². The molecule has 316 valence electrons. The predicted octanol–water partition coefficient (Wildman–Crippen LogP) is 6.96. The highest BCUT2D eigenvalue weighted by molar-refractivity contribution is 7.45. The van der Waals surface area contributed by atoms with Gasteiger partial charge in [0.25, 0.3) is 7.82 Å². The number of carbonyl (C=O) groups excluding carboxylic acids is 2. The lowest BCUT2D eigenvalue weighted by atomic mass is 10.1. The maximum Gasteiger partial charge on any atom is 0.306 e. The molecule has 0 aromatic heterocycles. The van der Waals surface area contributed by atoms with Gasteiger partial charge >= 0.3 is 11.9 Å². The fourth-order valence-electron chi connectivity index (χ4n) is 4.74. The van der Waals surface area contributed by atoms with Crippen molar-refractivity contribution in [2.24, 2.45) is 0 Å². The second-order valence-electron chi connectivity index (χ2n) is 14.5. The van der Waals surface area contributed by atoms with Crippen molar-refractivity contribution in [1.29, 1.82) is 0 Å². The van der Waals surface area contributed by atoms with Crippen molar-refractivity contribution < 1.29 is 57.4 Å². The molecule has 0 rings (SSSR count). The number of allylic oxidation sites excluding steroid dienone is 9. The van der Waals surface area contributed by atoms with Gasteiger partial charge in [0, 0.05) is 12.8 Å². The van der Waals surface area contributed by atoms with Gasteiger partial charge in [0.1, 0.15) is 19.8 Å². The van der Waals surface area contributed by atoms with Crippen molar-refractivity contribution in [2.45, 2.75) is 135 Å². The van der Waals surface area contributed by atoms with Gasteiger partial charge in [-0.05, 0) is 51.4 Å². The molecule has 0 aliphatic carbocycles. The summed E-state index contributed by atoms with van der Waals surface area (Å²) in [6.45, 7) is 3.54. The third kappa shape index (κ3) is 35.5. The van der Waals surface area contributed by atoms with Crippen LogP contribution in [0.1, 0.15) is 110 Å². The SMILES string of the molecule is CC/C=C\C[C@@H](O)/C=C/C=C/C=C\C=C/[C@H](O)[C@@H](O)CCCC(=O)OC[C@H](COP(=O)([O-])OCC[N+](C)(C)C)OC(=O)CCCCCCC/C=C\CCCC. The van der Waals surface area contributed by atoms with Crippen molar-refractivity contribution in [3.05, 3.63) is 72.9 Å². The number of hydrogen-bond donors (Lipinski definition) is 3. The maximum absolute atomic E-state index is 12.6. The third-order valence-electron chi connectivity index (χ3n) is 8.05. The van der Waals surface area contributed by atoms with Crippen molar-refractivity contribution in [3.8, 4) is 0 Å². The minimum Gasteiger partial charge on any atom is -0.756 e. The number of rotatable bonds is 34. The number of aliphatic hydroxyl groups is 3. The monoisotopic (exact) mass is 797 g/mol. The Hall–Kier alpha value is -2.67. The Morgan fingerprint density at radius 2 is 1.35 bits per heavy atom. The normalized spacial score (nSPS) is 16.2. The van der Waals surface area contributed by atoms with E-state index in [1.165, 1.54) is 18.9 Å². The van der Waals surface area contributed by atoms with Crippen LogP contribution in [0.15, 0.2) is 72.9 Å². The van der Waals surface area contributed by atoms with E-state index in [0.29, 0.717) is 23.9 Å². The summed E-state index contributed by atoms with van der Waals surface area (Å²) in [5, 5.41) is 30.4. The number of unbranched alkanes of at least 4 members (excludes halogenated alkanes) is 7. The summed E-state index contributed by atoms with van der Waals surface area (Å²) in [4.78, 5) is 37.4. The molecule has 13 heteroatoms. The molecule has 1 unspecified atom stereocenters. The highest BCUT2D eigenvalue weighted by atomic mass is 31.2. The highest BCUT2D eigenvalue weighted by Crippen LogP contribution is 2.38.